The molecule has 2 bridgehead atoms. The second kappa shape index (κ2) is 7.40. The number of fused-ring (bicyclic) bond motifs is 5. The molecule has 144 valence electrons. The van der Waals surface area contributed by atoms with Gasteiger partial charge in [0.05, 0.1) is 24.7 Å². The molecule has 1 aromatic carbocycles. The Bertz CT molecular complexity index is 906. The SMILES string of the molecule is CCOc1cc(C=NN2C(=O)[C@@H]3[C@H](C2=O)[C@H]2C=C[C@H]3C2)c(Br)cc1OCC#N. The van der Waals surface area contributed by atoms with E-state index in [1.165, 1.54) is 6.21 Å². The lowest BCUT2D eigenvalue weighted by Gasteiger charge is -2.13. The van der Waals surface area contributed by atoms with Crippen molar-refractivity contribution >= 4 is 34.0 Å². The van der Waals surface area contributed by atoms with Crippen LogP contribution in [-0.4, -0.2) is 36.3 Å². The molecule has 1 aromatic rings. The fourth-order valence-electron chi connectivity index (χ4n) is 4.26. The fraction of sp³-hybridized carbons (Fsp3) is 0.400. The van der Waals surface area contributed by atoms with Gasteiger partial charge in [0.1, 0.15) is 6.07 Å². The van der Waals surface area contributed by atoms with Crippen molar-refractivity contribution in [3.05, 3.63) is 34.3 Å². The zero-order valence-corrected chi connectivity index (χ0v) is 16.8. The zero-order chi connectivity index (χ0) is 19.8. The van der Waals surface area contributed by atoms with Gasteiger partial charge in [-0.1, -0.05) is 12.2 Å². The van der Waals surface area contributed by atoms with E-state index in [-0.39, 0.29) is 42.1 Å². The number of nitriles is 1. The third kappa shape index (κ3) is 3.00. The summed E-state index contributed by atoms with van der Waals surface area (Å²) in [6, 6.07) is 5.29. The Kier molecular flexibility index (Phi) is 4.94. The van der Waals surface area contributed by atoms with Crippen molar-refractivity contribution in [2.75, 3.05) is 13.2 Å². The molecule has 4 atom stereocenters. The van der Waals surface area contributed by atoms with Gasteiger partial charge in [-0.2, -0.15) is 15.4 Å². The number of allylic oxidation sites excluding steroid dienone is 2. The molecule has 0 spiro atoms. The number of nitrogens with zero attached hydrogens (tertiary/aromatic N) is 3. The van der Waals surface area contributed by atoms with E-state index in [9.17, 15) is 9.59 Å². The number of hydrogen-bond donors (Lipinski definition) is 0. The second-order valence-electron chi connectivity index (χ2n) is 6.93. The topological polar surface area (TPSA) is 92.0 Å². The quantitative estimate of drug-likeness (QED) is 0.382. The number of hydrogen-bond acceptors (Lipinski definition) is 6. The van der Waals surface area contributed by atoms with E-state index in [1.54, 1.807) is 12.1 Å². The highest BCUT2D eigenvalue weighted by molar-refractivity contribution is 9.10. The number of halogens is 1. The molecule has 3 aliphatic rings. The molecule has 1 aliphatic heterocycles. The van der Waals surface area contributed by atoms with Crippen molar-refractivity contribution in [1.29, 1.82) is 5.26 Å². The zero-order valence-electron chi connectivity index (χ0n) is 15.2. The summed E-state index contributed by atoms with van der Waals surface area (Å²) >= 11 is 3.43. The third-order valence-corrected chi connectivity index (χ3v) is 6.10. The average Bonchev–Trinajstić information content (AvgIpc) is 3.35. The minimum absolute atomic E-state index is 0.101. The van der Waals surface area contributed by atoms with E-state index in [4.69, 9.17) is 14.7 Å². The molecule has 7 nitrogen and oxygen atoms in total. The summed E-state index contributed by atoms with van der Waals surface area (Å²) in [6.07, 6.45) is 6.45. The van der Waals surface area contributed by atoms with Gasteiger partial charge in [0.2, 0.25) is 0 Å². The molecule has 0 radical (unpaired) electrons. The lowest BCUT2D eigenvalue weighted by atomic mass is 9.85. The van der Waals surface area contributed by atoms with Crippen LogP contribution in [0.2, 0.25) is 0 Å². The summed E-state index contributed by atoms with van der Waals surface area (Å²) in [5.41, 5.74) is 0.631. The van der Waals surface area contributed by atoms with Crippen molar-refractivity contribution in [2.24, 2.45) is 28.8 Å². The number of amides is 2. The summed E-state index contributed by atoms with van der Waals surface area (Å²) in [5, 5.41) is 13.9. The number of imide groups is 1. The van der Waals surface area contributed by atoms with E-state index in [1.807, 2.05) is 13.0 Å². The maximum Gasteiger partial charge on any atom is 0.254 e. The number of hydrazone groups is 1. The molecule has 8 heteroatoms. The predicted molar refractivity (Wildman–Crippen MR) is 104 cm³/mol. The molecule has 28 heavy (non-hydrogen) atoms. The number of carbonyl (C=O) groups excluding carboxylic acids is 2. The molecular weight excluding hydrogens is 426 g/mol. The van der Waals surface area contributed by atoms with Crippen LogP contribution in [0.15, 0.2) is 33.9 Å². The second-order valence-corrected chi connectivity index (χ2v) is 7.79. The van der Waals surface area contributed by atoms with Gasteiger partial charge in [-0.3, -0.25) is 9.59 Å². The molecule has 2 aliphatic carbocycles. The maximum atomic E-state index is 12.7. The van der Waals surface area contributed by atoms with Gasteiger partial charge in [-0.15, -0.1) is 0 Å². The van der Waals surface area contributed by atoms with Gasteiger partial charge < -0.3 is 9.47 Å². The normalized spacial score (nSPS) is 27.5. The highest BCUT2D eigenvalue weighted by Gasteiger charge is 2.59. The minimum Gasteiger partial charge on any atom is -0.490 e. The first kappa shape index (κ1) is 18.7. The van der Waals surface area contributed by atoms with Crippen LogP contribution in [0.5, 0.6) is 11.5 Å². The van der Waals surface area contributed by atoms with Crippen LogP contribution < -0.4 is 9.47 Å². The molecule has 0 aromatic heterocycles. The van der Waals surface area contributed by atoms with Crippen LogP contribution in [0.25, 0.3) is 0 Å². The van der Waals surface area contributed by atoms with Crippen LogP contribution in [0.3, 0.4) is 0 Å². The Morgan fingerprint density at radius 2 is 1.86 bits per heavy atom. The maximum absolute atomic E-state index is 12.7. The average molecular weight is 444 g/mol. The Labute approximate surface area is 170 Å². The molecule has 1 saturated carbocycles. The van der Waals surface area contributed by atoms with Gasteiger partial charge in [0.25, 0.3) is 11.8 Å². The predicted octanol–water partition coefficient (Wildman–Crippen LogP) is 2.89. The van der Waals surface area contributed by atoms with E-state index >= 15 is 0 Å². The van der Waals surface area contributed by atoms with E-state index in [0.717, 1.165) is 11.4 Å². The summed E-state index contributed by atoms with van der Waals surface area (Å²) in [5.74, 6) is 0.196. The van der Waals surface area contributed by atoms with Crippen molar-refractivity contribution in [3.8, 4) is 17.6 Å². The molecule has 2 fully saturated rings. The Morgan fingerprint density at radius 1 is 1.21 bits per heavy atom. The molecular formula is C20H18BrN3O4. The summed E-state index contributed by atoms with van der Waals surface area (Å²) < 4.78 is 11.6. The van der Waals surface area contributed by atoms with Gasteiger partial charge in [-0.05, 0) is 53.2 Å². The van der Waals surface area contributed by atoms with Crippen molar-refractivity contribution in [3.63, 3.8) is 0 Å². The van der Waals surface area contributed by atoms with Gasteiger partial charge >= 0.3 is 0 Å². The highest BCUT2D eigenvalue weighted by Crippen LogP contribution is 2.52. The number of carbonyl (C=O) groups is 2. The lowest BCUT2D eigenvalue weighted by Crippen LogP contribution is -2.28. The standard InChI is InChI=1S/C20H18BrN3O4/c1-2-27-15-8-13(14(21)9-16(15)28-6-5-22)10-23-24-19(25)17-11-3-4-12(7-11)18(17)20(24)26/h3-4,8-12,17-18H,2,6-7H2,1H3/t11-,12-,17-,18+/m0/s1. The summed E-state index contributed by atoms with van der Waals surface area (Å²) in [7, 11) is 0. The first-order valence-electron chi connectivity index (χ1n) is 9.11. The van der Waals surface area contributed by atoms with Crippen LogP contribution in [0.4, 0.5) is 0 Å². The molecule has 0 N–H and O–H groups in total. The summed E-state index contributed by atoms with van der Waals surface area (Å²) in [4.78, 5) is 25.4. The fourth-order valence-corrected chi connectivity index (χ4v) is 4.69. The molecule has 0 unspecified atom stereocenters. The molecule has 1 saturated heterocycles. The van der Waals surface area contributed by atoms with Gasteiger partial charge in [0.15, 0.2) is 18.1 Å². The number of benzene rings is 1. The highest BCUT2D eigenvalue weighted by atomic mass is 79.9. The Balaban J connectivity index is 1.58. The summed E-state index contributed by atoms with van der Waals surface area (Å²) in [6.45, 7) is 2.16. The van der Waals surface area contributed by atoms with Gasteiger partial charge in [0, 0.05) is 10.0 Å². The number of rotatable bonds is 6. The van der Waals surface area contributed by atoms with E-state index < -0.39 is 0 Å². The van der Waals surface area contributed by atoms with Crippen LogP contribution in [0.1, 0.15) is 18.9 Å². The molecule has 4 rings (SSSR count). The number of ether oxygens (including phenoxy) is 2. The van der Waals surface area contributed by atoms with Crippen LogP contribution >= 0.6 is 15.9 Å². The van der Waals surface area contributed by atoms with Crippen molar-refractivity contribution < 1.29 is 19.1 Å². The van der Waals surface area contributed by atoms with Crippen LogP contribution in [0, 0.1) is 35.0 Å². The molecule has 2 amide bonds. The van der Waals surface area contributed by atoms with Crippen molar-refractivity contribution in [2.45, 2.75) is 13.3 Å². The Hall–Kier alpha value is -2.66. The van der Waals surface area contributed by atoms with Crippen LogP contribution in [-0.2, 0) is 9.59 Å². The third-order valence-electron chi connectivity index (χ3n) is 5.41. The smallest absolute Gasteiger partial charge is 0.254 e. The largest absolute Gasteiger partial charge is 0.490 e. The van der Waals surface area contributed by atoms with Crippen molar-refractivity contribution in [1.82, 2.24) is 5.01 Å². The van der Waals surface area contributed by atoms with E-state index in [0.29, 0.717) is 28.1 Å². The first-order chi connectivity index (χ1) is 13.5. The minimum atomic E-state index is -0.274. The monoisotopic (exact) mass is 443 g/mol. The first-order valence-corrected chi connectivity index (χ1v) is 9.90. The molecule has 1 heterocycles. The van der Waals surface area contributed by atoms with Gasteiger partial charge in [-0.25, -0.2) is 0 Å². The lowest BCUT2D eigenvalue weighted by molar-refractivity contribution is -0.140. The van der Waals surface area contributed by atoms with E-state index in [2.05, 4.69) is 33.2 Å². The Morgan fingerprint density at radius 3 is 2.46 bits per heavy atom.